The van der Waals surface area contributed by atoms with Crippen LogP contribution in [-0.2, 0) is 6.54 Å². The van der Waals surface area contributed by atoms with Gasteiger partial charge in [-0.25, -0.2) is 13.8 Å². The summed E-state index contributed by atoms with van der Waals surface area (Å²) in [4.78, 5) is 9.02. The van der Waals surface area contributed by atoms with E-state index in [1.165, 1.54) is 6.07 Å². The van der Waals surface area contributed by atoms with Gasteiger partial charge in [-0.1, -0.05) is 5.21 Å². The lowest BCUT2D eigenvalue weighted by Gasteiger charge is -2.09. The quantitative estimate of drug-likeness (QED) is 0.385. The molecule has 3 aromatic heterocycles. The van der Waals surface area contributed by atoms with Gasteiger partial charge in [0.15, 0.2) is 11.6 Å². The molecule has 0 aliphatic rings. The Kier molecular flexibility index (Phi) is 5.95. The summed E-state index contributed by atoms with van der Waals surface area (Å²) in [5.74, 6) is -1.99. The summed E-state index contributed by atoms with van der Waals surface area (Å²) in [5.41, 5.74) is 9.85. The summed E-state index contributed by atoms with van der Waals surface area (Å²) >= 11 is 0. The second kappa shape index (κ2) is 8.98. The van der Waals surface area contributed by atoms with Gasteiger partial charge in [-0.15, -0.1) is 5.10 Å². The van der Waals surface area contributed by atoms with Crippen molar-refractivity contribution in [3.8, 4) is 11.3 Å². The fourth-order valence-electron chi connectivity index (χ4n) is 3.17. The third kappa shape index (κ3) is 4.21. The van der Waals surface area contributed by atoms with E-state index >= 15 is 0 Å². The van der Waals surface area contributed by atoms with Gasteiger partial charge < -0.3 is 16.5 Å². The topological polar surface area (TPSA) is 118 Å². The highest BCUT2D eigenvalue weighted by Crippen LogP contribution is 2.25. The van der Waals surface area contributed by atoms with Crippen LogP contribution in [0.2, 0.25) is 0 Å². The van der Waals surface area contributed by atoms with Crippen LogP contribution in [0.25, 0.3) is 33.6 Å². The number of hydrogen-bond donors (Lipinski definition) is 3. The van der Waals surface area contributed by atoms with Gasteiger partial charge in [0.2, 0.25) is 0 Å². The summed E-state index contributed by atoms with van der Waals surface area (Å²) in [7, 11) is 1.87. The lowest BCUT2D eigenvalue weighted by atomic mass is 10.0. The van der Waals surface area contributed by atoms with Crippen molar-refractivity contribution in [1.29, 1.82) is 5.41 Å². The largest absolute Gasteiger partial charge is 0.398 e. The van der Waals surface area contributed by atoms with Crippen molar-refractivity contribution in [3.63, 3.8) is 0 Å². The molecule has 4 aromatic rings. The Morgan fingerprint density at radius 3 is 2.75 bits per heavy atom. The lowest BCUT2D eigenvalue weighted by molar-refractivity contribution is 0.508. The Balaban J connectivity index is 1.73. The lowest BCUT2D eigenvalue weighted by Crippen LogP contribution is -2.15. The monoisotopic (exact) mass is 434 g/mol. The van der Waals surface area contributed by atoms with Gasteiger partial charge in [0.05, 0.1) is 29.5 Å². The predicted octanol–water partition coefficient (Wildman–Crippen LogP) is 2.86. The zero-order valence-corrected chi connectivity index (χ0v) is 17.2. The Labute approximate surface area is 182 Å². The first kappa shape index (κ1) is 21.2. The van der Waals surface area contributed by atoms with Gasteiger partial charge in [0.25, 0.3) is 0 Å². The molecule has 32 heavy (non-hydrogen) atoms. The molecule has 0 amide bonds. The highest BCUT2D eigenvalue weighted by Gasteiger charge is 2.13. The van der Waals surface area contributed by atoms with Gasteiger partial charge >= 0.3 is 0 Å². The van der Waals surface area contributed by atoms with Gasteiger partial charge in [-0.2, -0.15) is 0 Å². The normalized spacial score (nSPS) is 12.1. The minimum absolute atomic E-state index is 0.113. The number of halogens is 2. The molecule has 3 heterocycles. The third-order valence-corrected chi connectivity index (χ3v) is 4.90. The zero-order valence-electron chi connectivity index (χ0n) is 17.2. The van der Waals surface area contributed by atoms with Crippen LogP contribution in [-0.4, -0.2) is 44.8 Å². The molecule has 162 valence electrons. The zero-order chi connectivity index (χ0) is 22.7. The van der Waals surface area contributed by atoms with Crippen LogP contribution in [0.5, 0.6) is 0 Å². The van der Waals surface area contributed by atoms with Gasteiger partial charge in [0, 0.05) is 41.4 Å². The molecule has 0 saturated heterocycles. The summed E-state index contributed by atoms with van der Waals surface area (Å²) < 4.78 is 28.7. The summed E-state index contributed by atoms with van der Waals surface area (Å²) in [5, 5.41) is 19.2. The maximum atomic E-state index is 13.6. The van der Waals surface area contributed by atoms with Gasteiger partial charge in [-0.3, -0.25) is 9.67 Å². The molecule has 0 saturated carbocycles. The van der Waals surface area contributed by atoms with E-state index in [1.807, 2.05) is 19.3 Å². The molecule has 0 fully saturated rings. The molecule has 10 heteroatoms. The fraction of sp³-hybridized carbons (Fsp3) is 0.136. The minimum atomic E-state index is -1.02. The molecule has 0 bridgehead atoms. The van der Waals surface area contributed by atoms with E-state index in [-0.39, 0.29) is 16.8 Å². The van der Waals surface area contributed by atoms with Crippen molar-refractivity contribution >= 4 is 28.5 Å². The summed E-state index contributed by atoms with van der Waals surface area (Å²) in [6.45, 7) is 1.45. The Hall–Kier alpha value is -4.05. The maximum absolute atomic E-state index is 13.6. The average molecular weight is 434 g/mol. The standard InChI is InChI=1S/C22H20F2N8/c1-27-6-7-32-12-21(30-31-32)14-9-20-19(28-11-14)5-4-18(29-20)15(10-25)22(26)13-2-3-16(23)17(24)8-13/h2-5,8-12,25,27H,6-7,26H2,1H3. The SMILES string of the molecule is CNCCn1cc(-c2cnc3ccc(C(C=N)=C(N)c4ccc(F)c(F)c4)nc3c2)nn1. The van der Waals surface area contributed by atoms with E-state index in [2.05, 4.69) is 25.6 Å². The third-order valence-electron chi connectivity index (χ3n) is 4.90. The molecule has 0 atom stereocenters. The minimum Gasteiger partial charge on any atom is -0.398 e. The van der Waals surface area contributed by atoms with Crippen molar-refractivity contribution in [2.45, 2.75) is 6.54 Å². The number of rotatable bonds is 7. The number of allylic oxidation sites excluding steroid dienone is 1. The number of fused-ring (bicyclic) bond motifs is 1. The van der Waals surface area contributed by atoms with E-state index < -0.39 is 11.6 Å². The van der Waals surface area contributed by atoms with Gasteiger partial charge in [0.1, 0.15) is 5.69 Å². The molecule has 0 spiro atoms. The van der Waals surface area contributed by atoms with E-state index in [1.54, 1.807) is 23.0 Å². The molecule has 0 unspecified atom stereocenters. The molecule has 4 N–H and O–H groups in total. The van der Waals surface area contributed by atoms with Crippen molar-refractivity contribution < 1.29 is 8.78 Å². The van der Waals surface area contributed by atoms with Crippen LogP contribution in [0.4, 0.5) is 8.78 Å². The van der Waals surface area contributed by atoms with E-state index in [0.29, 0.717) is 29.0 Å². The van der Waals surface area contributed by atoms with Crippen molar-refractivity contribution in [2.75, 3.05) is 13.6 Å². The van der Waals surface area contributed by atoms with E-state index in [9.17, 15) is 8.78 Å². The molecular weight excluding hydrogens is 414 g/mol. The number of hydrogen-bond acceptors (Lipinski definition) is 7. The number of nitrogens with zero attached hydrogens (tertiary/aromatic N) is 5. The molecule has 0 aliphatic carbocycles. The van der Waals surface area contributed by atoms with Crippen molar-refractivity contribution in [1.82, 2.24) is 30.3 Å². The van der Waals surface area contributed by atoms with E-state index in [0.717, 1.165) is 30.5 Å². The first-order valence-electron chi connectivity index (χ1n) is 9.78. The Bertz CT molecular complexity index is 1330. The molecule has 0 radical (unpaired) electrons. The second-order valence-corrected chi connectivity index (χ2v) is 7.03. The highest BCUT2D eigenvalue weighted by atomic mass is 19.2. The highest BCUT2D eigenvalue weighted by molar-refractivity contribution is 6.17. The van der Waals surface area contributed by atoms with Crippen LogP contribution in [0, 0.1) is 17.0 Å². The number of nitrogens with two attached hydrogens (primary N) is 1. The van der Waals surface area contributed by atoms with Crippen LogP contribution < -0.4 is 11.1 Å². The van der Waals surface area contributed by atoms with E-state index in [4.69, 9.17) is 11.1 Å². The second-order valence-electron chi connectivity index (χ2n) is 7.03. The number of benzene rings is 1. The summed E-state index contributed by atoms with van der Waals surface area (Å²) in [6.07, 6.45) is 4.56. The first-order chi connectivity index (χ1) is 15.5. The summed E-state index contributed by atoms with van der Waals surface area (Å²) in [6, 6.07) is 8.60. The smallest absolute Gasteiger partial charge is 0.159 e. The molecule has 0 aliphatic heterocycles. The fourth-order valence-corrected chi connectivity index (χ4v) is 3.17. The molecule has 4 rings (SSSR count). The molecule has 1 aromatic carbocycles. The maximum Gasteiger partial charge on any atom is 0.159 e. The number of pyridine rings is 2. The average Bonchev–Trinajstić information content (AvgIpc) is 3.28. The number of aromatic nitrogens is 5. The van der Waals surface area contributed by atoms with Crippen LogP contribution in [0.1, 0.15) is 11.3 Å². The van der Waals surface area contributed by atoms with Crippen LogP contribution in [0.3, 0.4) is 0 Å². The molecule has 8 nitrogen and oxygen atoms in total. The van der Waals surface area contributed by atoms with Gasteiger partial charge in [-0.05, 0) is 43.4 Å². The number of likely N-dealkylation sites (N-methyl/N-ethyl adjacent to an activating group) is 1. The first-order valence-corrected chi connectivity index (χ1v) is 9.78. The van der Waals surface area contributed by atoms with Crippen molar-refractivity contribution in [2.24, 2.45) is 5.73 Å². The Morgan fingerprint density at radius 1 is 1.16 bits per heavy atom. The van der Waals surface area contributed by atoms with Crippen LogP contribution >= 0.6 is 0 Å². The van der Waals surface area contributed by atoms with Crippen LogP contribution in [0.15, 0.2) is 48.8 Å². The molecular formula is C22H20F2N8. The van der Waals surface area contributed by atoms with Crippen molar-refractivity contribution in [3.05, 3.63) is 71.7 Å². The Morgan fingerprint density at radius 2 is 2.00 bits per heavy atom. The number of nitrogens with one attached hydrogen (secondary N) is 2. The predicted molar refractivity (Wildman–Crippen MR) is 119 cm³/mol.